The summed E-state index contributed by atoms with van der Waals surface area (Å²) in [5.41, 5.74) is 4.29. The van der Waals surface area contributed by atoms with Crippen molar-refractivity contribution < 1.29 is 37.8 Å². The van der Waals surface area contributed by atoms with Gasteiger partial charge in [0.1, 0.15) is 0 Å². The molecule has 0 aromatic heterocycles. The van der Waals surface area contributed by atoms with Gasteiger partial charge in [0.25, 0.3) is 11.8 Å². The molecule has 304 valence electrons. The lowest BCUT2D eigenvalue weighted by molar-refractivity contribution is -0.143. The Balaban J connectivity index is 1.19. The first-order chi connectivity index (χ1) is 27.9. The van der Waals surface area contributed by atoms with E-state index in [4.69, 9.17) is 5.11 Å². The zero-order chi connectivity index (χ0) is 41.2. The highest BCUT2D eigenvalue weighted by molar-refractivity contribution is 7.89. The average molecular weight is 808 g/mol. The minimum atomic E-state index is -4.11. The predicted molar refractivity (Wildman–Crippen MR) is 224 cm³/mol. The second-order valence-electron chi connectivity index (χ2n) is 14.8. The van der Waals surface area contributed by atoms with Gasteiger partial charge < -0.3 is 25.7 Å². The van der Waals surface area contributed by atoms with Crippen LogP contribution in [0.25, 0.3) is 0 Å². The highest BCUT2D eigenvalue weighted by Crippen LogP contribution is 2.32. The molecule has 1 heterocycles. The molecule has 1 saturated heterocycles. The van der Waals surface area contributed by atoms with Gasteiger partial charge in [-0.25, -0.2) is 13.2 Å². The quantitative estimate of drug-likeness (QED) is 0.0866. The van der Waals surface area contributed by atoms with E-state index >= 15 is 0 Å². The maximum atomic E-state index is 14.1. The number of sulfonamides is 1. The number of hydrogen-bond donors (Lipinski definition) is 4. The average Bonchev–Trinajstić information content (AvgIpc) is 3.24. The number of amides is 2. The van der Waals surface area contributed by atoms with Gasteiger partial charge in [-0.05, 0) is 136 Å². The lowest BCUT2D eigenvalue weighted by atomic mass is 9.86. The summed E-state index contributed by atoms with van der Waals surface area (Å²) in [6.07, 6.45) is 6.14. The molecule has 1 aliphatic carbocycles. The molecular formula is C44H49N5O8S. The van der Waals surface area contributed by atoms with Gasteiger partial charge in [0.05, 0.1) is 34.2 Å². The molecule has 6 rings (SSSR count). The van der Waals surface area contributed by atoms with E-state index in [0.29, 0.717) is 37.8 Å². The molecule has 0 bridgehead atoms. The predicted octanol–water partition coefficient (Wildman–Crippen LogP) is 7.00. The van der Waals surface area contributed by atoms with Crippen molar-refractivity contribution in [2.24, 2.45) is 10.9 Å². The van der Waals surface area contributed by atoms with Gasteiger partial charge in [-0.2, -0.15) is 4.31 Å². The normalized spacial score (nSPS) is 17.0. The number of aromatic carboxylic acids is 1. The second kappa shape index (κ2) is 19.1. The molecule has 2 fully saturated rings. The first-order valence-electron chi connectivity index (χ1n) is 19.6. The van der Waals surface area contributed by atoms with Crippen LogP contribution in [0.4, 0.5) is 17.1 Å². The largest absolute Gasteiger partial charge is 0.481 e. The van der Waals surface area contributed by atoms with Crippen LogP contribution in [0.15, 0.2) is 101 Å². The van der Waals surface area contributed by atoms with Crippen LogP contribution in [0.3, 0.4) is 0 Å². The fourth-order valence-corrected chi connectivity index (χ4v) is 9.36. The van der Waals surface area contributed by atoms with E-state index < -0.39 is 45.7 Å². The number of aliphatic imine (C=N–C) groups is 1. The van der Waals surface area contributed by atoms with Crippen LogP contribution >= 0.6 is 0 Å². The fraction of sp³-hybridized carbons (Fsp3) is 0.341. The number of carboxylic acid groups (broad SMARTS) is 2. The summed E-state index contributed by atoms with van der Waals surface area (Å²) >= 11 is 0. The van der Waals surface area contributed by atoms with Crippen LogP contribution in [0.1, 0.15) is 87.1 Å². The minimum absolute atomic E-state index is 0.0692. The molecule has 0 atom stereocenters. The Morgan fingerprint density at radius 1 is 0.759 bits per heavy atom. The van der Waals surface area contributed by atoms with Crippen LogP contribution in [0, 0.1) is 5.92 Å². The van der Waals surface area contributed by atoms with E-state index in [1.54, 1.807) is 36.4 Å². The Labute approximate surface area is 338 Å². The Hall–Kier alpha value is -5.86. The van der Waals surface area contributed by atoms with Crippen molar-refractivity contribution in [2.45, 2.75) is 68.7 Å². The molecule has 0 spiro atoms. The van der Waals surface area contributed by atoms with Gasteiger partial charge in [0.2, 0.25) is 10.0 Å². The molecule has 13 nitrogen and oxygen atoms in total. The molecule has 2 aliphatic rings. The third-order valence-corrected chi connectivity index (χ3v) is 12.9. The Morgan fingerprint density at radius 3 is 2.03 bits per heavy atom. The van der Waals surface area contributed by atoms with Crippen molar-refractivity contribution in [3.05, 3.63) is 119 Å². The van der Waals surface area contributed by atoms with Gasteiger partial charge in [0.15, 0.2) is 0 Å². The zero-order valence-electron chi connectivity index (χ0n) is 32.3. The van der Waals surface area contributed by atoms with E-state index in [-0.39, 0.29) is 40.4 Å². The number of nitrogens with one attached hydrogen (secondary N) is 2. The minimum Gasteiger partial charge on any atom is -0.481 e. The Kier molecular flexibility index (Phi) is 13.7. The lowest BCUT2D eigenvalue weighted by Gasteiger charge is -2.35. The first kappa shape index (κ1) is 41.8. The maximum Gasteiger partial charge on any atom is 0.335 e. The topological polar surface area (TPSA) is 186 Å². The number of aryl methyl sites for hydroxylation is 2. The van der Waals surface area contributed by atoms with Crippen LogP contribution in [-0.4, -0.2) is 85.6 Å². The third kappa shape index (κ3) is 10.4. The van der Waals surface area contributed by atoms with E-state index in [9.17, 15) is 32.7 Å². The second-order valence-corrected chi connectivity index (χ2v) is 16.7. The number of rotatable bonds is 16. The molecule has 0 unspecified atom stereocenters. The van der Waals surface area contributed by atoms with Gasteiger partial charge >= 0.3 is 11.9 Å². The number of carbonyl (C=O) groups excluding carboxylic acids is 2. The molecule has 58 heavy (non-hydrogen) atoms. The number of benzene rings is 4. The smallest absolute Gasteiger partial charge is 0.335 e. The molecule has 0 radical (unpaired) electrons. The van der Waals surface area contributed by atoms with Gasteiger partial charge in [-0.3, -0.25) is 19.4 Å². The number of piperidine rings is 1. The number of nitrogens with zero attached hydrogens (tertiary/aromatic N) is 3. The maximum absolute atomic E-state index is 14.1. The molecule has 1 aliphatic heterocycles. The lowest BCUT2D eigenvalue weighted by Crippen LogP contribution is -2.44. The Bertz CT molecular complexity index is 2230. The molecular weight excluding hydrogens is 759 g/mol. The van der Waals surface area contributed by atoms with Crippen LogP contribution < -0.4 is 15.5 Å². The van der Waals surface area contributed by atoms with Crippen LogP contribution in [0.5, 0.6) is 0 Å². The number of carbonyl (C=O) groups is 4. The van der Waals surface area contributed by atoms with Crippen molar-refractivity contribution in [3.8, 4) is 0 Å². The summed E-state index contributed by atoms with van der Waals surface area (Å²) in [6, 6.07) is 24.9. The van der Waals surface area contributed by atoms with E-state index in [0.717, 1.165) is 55.6 Å². The summed E-state index contributed by atoms with van der Waals surface area (Å²) in [5.74, 6) is -3.39. The molecule has 4 N–H and O–H groups in total. The van der Waals surface area contributed by atoms with Gasteiger partial charge in [-0.1, -0.05) is 30.3 Å². The van der Waals surface area contributed by atoms with E-state index in [1.807, 2.05) is 30.3 Å². The van der Waals surface area contributed by atoms with Gasteiger partial charge in [-0.15, -0.1) is 0 Å². The van der Waals surface area contributed by atoms with Crippen molar-refractivity contribution in [2.75, 3.05) is 41.7 Å². The summed E-state index contributed by atoms with van der Waals surface area (Å²) in [5, 5.41) is 24.4. The fourth-order valence-electron chi connectivity index (χ4n) is 7.64. The number of aliphatic carboxylic acids is 1. The summed E-state index contributed by atoms with van der Waals surface area (Å²) in [7, 11) is -4.11. The van der Waals surface area contributed by atoms with E-state index in [1.165, 1.54) is 28.6 Å². The van der Waals surface area contributed by atoms with Crippen LogP contribution in [0.2, 0.25) is 0 Å². The first-order valence-corrected chi connectivity index (χ1v) is 21.1. The van der Waals surface area contributed by atoms with Crippen LogP contribution in [-0.2, 0) is 27.7 Å². The van der Waals surface area contributed by atoms with Gasteiger partial charge in [0, 0.05) is 42.6 Å². The SMILES string of the molecule is C=NCCN(C1CCC(C(=O)O)CC1)S(=O)(=O)c1cccc(C(=O)Nc2ccc(N3CCCCC3)cc2C(=O)Nc2ccc(CCc3ccc(C(=O)O)cc3)cc2)c1. The summed E-state index contributed by atoms with van der Waals surface area (Å²) in [4.78, 5) is 56.5. The highest BCUT2D eigenvalue weighted by Gasteiger charge is 2.36. The van der Waals surface area contributed by atoms with Crippen molar-refractivity contribution in [1.29, 1.82) is 0 Å². The van der Waals surface area contributed by atoms with Crippen molar-refractivity contribution >= 4 is 57.6 Å². The zero-order valence-corrected chi connectivity index (χ0v) is 33.1. The highest BCUT2D eigenvalue weighted by atomic mass is 32.2. The summed E-state index contributed by atoms with van der Waals surface area (Å²) < 4.78 is 29.5. The van der Waals surface area contributed by atoms with Crippen molar-refractivity contribution in [1.82, 2.24) is 4.31 Å². The molecule has 4 aromatic rings. The van der Waals surface area contributed by atoms with E-state index in [2.05, 4.69) is 27.2 Å². The molecule has 4 aromatic carbocycles. The Morgan fingerprint density at radius 2 is 1.41 bits per heavy atom. The standard InChI is InChI=1S/C44H49N5O8S/c1-45-24-27-49(36-20-16-33(17-21-36)44(54)55)58(56,57)38-7-5-6-34(28-38)41(50)47-40-23-22-37(48-25-3-2-4-26-48)29-39(40)42(51)46-35-18-12-31(13-19-35)9-8-30-10-14-32(15-11-30)43(52)53/h5-7,10-15,18-19,22-23,28-29,33,36H,1-4,8-9,16-17,20-21,24-27H2,(H,46,51)(H,47,50)(H,52,53)(H,54,55). The molecule has 2 amide bonds. The number of hydrogen-bond acceptors (Lipinski definition) is 8. The summed E-state index contributed by atoms with van der Waals surface area (Å²) in [6.45, 7) is 5.42. The third-order valence-electron chi connectivity index (χ3n) is 11.0. The number of anilines is 3. The molecule has 1 saturated carbocycles. The number of carboxylic acids is 2. The van der Waals surface area contributed by atoms with Crippen molar-refractivity contribution in [3.63, 3.8) is 0 Å². The molecule has 14 heteroatoms. The monoisotopic (exact) mass is 807 g/mol.